The van der Waals surface area contributed by atoms with Crippen LogP contribution in [0, 0.1) is 11.7 Å². The highest BCUT2D eigenvalue weighted by Crippen LogP contribution is 2.27. The molecule has 1 aliphatic rings. The molecule has 0 aromatic heterocycles. The molecule has 2 aromatic rings. The van der Waals surface area contributed by atoms with Crippen molar-refractivity contribution in [1.29, 1.82) is 0 Å². The van der Waals surface area contributed by atoms with E-state index < -0.39 is 18.2 Å². The summed E-state index contributed by atoms with van der Waals surface area (Å²) in [5.74, 6) is -2.53. The molecule has 0 aliphatic carbocycles. The van der Waals surface area contributed by atoms with E-state index in [4.69, 9.17) is 5.11 Å². The van der Waals surface area contributed by atoms with Crippen molar-refractivity contribution in [3.05, 3.63) is 59.4 Å². The van der Waals surface area contributed by atoms with Crippen molar-refractivity contribution in [3.8, 4) is 0 Å². The number of hydrogen-bond donors (Lipinski definition) is 3. The zero-order valence-electron chi connectivity index (χ0n) is 14.5. The molecule has 0 saturated heterocycles. The number of halogens is 1. The molecule has 1 heterocycles. The molecule has 0 saturated carbocycles. The summed E-state index contributed by atoms with van der Waals surface area (Å²) in [7, 11) is 0. The van der Waals surface area contributed by atoms with Crippen LogP contribution in [-0.2, 0) is 27.2 Å². The highest BCUT2D eigenvalue weighted by molar-refractivity contribution is 5.96. The van der Waals surface area contributed by atoms with E-state index in [1.807, 2.05) is 24.3 Å². The van der Waals surface area contributed by atoms with Crippen LogP contribution in [0.15, 0.2) is 42.5 Å². The first-order valence-electron chi connectivity index (χ1n) is 8.61. The average molecular weight is 370 g/mol. The molecule has 2 aromatic carbocycles. The van der Waals surface area contributed by atoms with Crippen LogP contribution >= 0.6 is 0 Å². The van der Waals surface area contributed by atoms with Gasteiger partial charge in [0.05, 0.1) is 6.42 Å². The van der Waals surface area contributed by atoms with Crippen molar-refractivity contribution < 1.29 is 23.9 Å². The number of rotatable bonds is 6. The van der Waals surface area contributed by atoms with E-state index >= 15 is 0 Å². The van der Waals surface area contributed by atoms with E-state index in [1.165, 1.54) is 12.1 Å². The Hall–Kier alpha value is -3.22. The highest BCUT2D eigenvalue weighted by Gasteiger charge is 2.26. The fourth-order valence-corrected chi connectivity index (χ4v) is 3.11. The summed E-state index contributed by atoms with van der Waals surface area (Å²) >= 11 is 0. The lowest BCUT2D eigenvalue weighted by molar-refractivity contribution is -0.136. The lowest BCUT2D eigenvalue weighted by Crippen LogP contribution is -2.30. The molecule has 0 bridgehead atoms. The predicted molar refractivity (Wildman–Crippen MR) is 97.9 cm³/mol. The minimum atomic E-state index is -1.13. The molecule has 1 unspecified atom stereocenters. The zero-order chi connectivity index (χ0) is 19.4. The van der Waals surface area contributed by atoms with Gasteiger partial charge in [0.2, 0.25) is 11.8 Å². The maximum absolute atomic E-state index is 13.9. The molecule has 0 spiro atoms. The van der Waals surface area contributed by atoms with Crippen LogP contribution in [0.3, 0.4) is 0 Å². The van der Waals surface area contributed by atoms with Crippen LogP contribution in [0.1, 0.15) is 24.0 Å². The smallest absolute Gasteiger partial charge is 0.307 e. The van der Waals surface area contributed by atoms with Gasteiger partial charge in [-0.2, -0.15) is 0 Å². The molecular formula is C20H19FN2O4. The number of hydrogen-bond acceptors (Lipinski definition) is 3. The number of carboxylic acid groups (broad SMARTS) is 1. The van der Waals surface area contributed by atoms with Crippen molar-refractivity contribution in [2.45, 2.75) is 25.7 Å². The van der Waals surface area contributed by atoms with E-state index in [2.05, 4.69) is 10.6 Å². The van der Waals surface area contributed by atoms with Gasteiger partial charge in [0, 0.05) is 23.7 Å². The fourth-order valence-electron chi connectivity index (χ4n) is 3.11. The third-order valence-electron chi connectivity index (χ3n) is 4.51. The Balaban J connectivity index is 1.55. The van der Waals surface area contributed by atoms with E-state index in [0.29, 0.717) is 12.8 Å². The van der Waals surface area contributed by atoms with Gasteiger partial charge in [-0.05, 0) is 42.2 Å². The normalized spacial score (nSPS) is 15.6. The number of amides is 2. The summed E-state index contributed by atoms with van der Waals surface area (Å²) in [4.78, 5) is 34.9. The maximum atomic E-state index is 13.9. The maximum Gasteiger partial charge on any atom is 0.307 e. The van der Waals surface area contributed by atoms with Crippen molar-refractivity contribution in [2.75, 3.05) is 10.6 Å². The summed E-state index contributed by atoms with van der Waals surface area (Å²) < 4.78 is 13.9. The van der Waals surface area contributed by atoms with Gasteiger partial charge in [0.15, 0.2) is 0 Å². The second-order valence-corrected chi connectivity index (χ2v) is 6.51. The number of anilines is 2. The van der Waals surface area contributed by atoms with Crippen LogP contribution in [0.5, 0.6) is 0 Å². The van der Waals surface area contributed by atoms with Gasteiger partial charge >= 0.3 is 5.97 Å². The summed E-state index contributed by atoms with van der Waals surface area (Å²) in [5, 5.41) is 14.1. The quantitative estimate of drug-likeness (QED) is 0.728. The molecule has 140 valence electrons. The van der Waals surface area contributed by atoms with Crippen LogP contribution in [-0.4, -0.2) is 22.9 Å². The number of para-hydroxylation sites is 1. The summed E-state index contributed by atoms with van der Waals surface area (Å²) in [5.41, 5.74) is 2.15. The van der Waals surface area contributed by atoms with Crippen molar-refractivity contribution in [2.24, 2.45) is 5.92 Å². The molecule has 3 N–H and O–H groups in total. The lowest BCUT2D eigenvalue weighted by Gasteiger charge is -2.24. The number of carboxylic acids is 1. The molecule has 1 atom stereocenters. The largest absolute Gasteiger partial charge is 0.481 e. The summed E-state index contributed by atoms with van der Waals surface area (Å²) in [6, 6.07) is 11.4. The van der Waals surface area contributed by atoms with Crippen LogP contribution in [0.4, 0.5) is 15.8 Å². The van der Waals surface area contributed by atoms with Gasteiger partial charge < -0.3 is 15.7 Å². The van der Waals surface area contributed by atoms with E-state index in [-0.39, 0.29) is 35.4 Å². The summed E-state index contributed by atoms with van der Waals surface area (Å²) in [6.07, 6.45) is 0.663. The number of carbonyl (C=O) groups is 3. The molecular weight excluding hydrogens is 351 g/mol. The molecule has 0 radical (unpaired) electrons. The number of fused-ring (bicyclic) bond motifs is 1. The number of aliphatic carboxylic acids is 1. The highest BCUT2D eigenvalue weighted by atomic mass is 19.1. The third kappa shape index (κ3) is 4.69. The Morgan fingerprint density at radius 1 is 1.22 bits per heavy atom. The molecule has 1 aliphatic heterocycles. The average Bonchev–Trinajstić information content (AvgIpc) is 2.62. The SMILES string of the molecule is O=C(O)Cc1ccc(NC(=O)CCC2Cc3ccccc3NC2=O)cc1F. The molecule has 3 rings (SSSR count). The van der Waals surface area contributed by atoms with Gasteiger partial charge in [-0.3, -0.25) is 14.4 Å². The molecule has 7 heteroatoms. The monoisotopic (exact) mass is 370 g/mol. The molecule has 27 heavy (non-hydrogen) atoms. The second-order valence-electron chi connectivity index (χ2n) is 6.51. The molecule has 2 amide bonds. The number of benzene rings is 2. The van der Waals surface area contributed by atoms with Gasteiger partial charge in [-0.25, -0.2) is 4.39 Å². The van der Waals surface area contributed by atoms with Crippen molar-refractivity contribution in [3.63, 3.8) is 0 Å². The number of nitrogens with one attached hydrogen (secondary N) is 2. The van der Waals surface area contributed by atoms with Crippen LogP contribution < -0.4 is 10.6 Å². The Kier molecular flexibility index (Phi) is 5.49. The Morgan fingerprint density at radius 2 is 2.00 bits per heavy atom. The third-order valence-corrected chi connectivity index (χ3v) is 4.51. The first kappa shape index (κ1) is 18.6. The first-order valence-corrected chi connectivity index (χ1v) is 8.61. The van der Waals surface area contributed by atoms with E-state index in [0.717, 1.165) is 17.3 Å². The predicted octanol–water partition coefficient (Wildman–Crippen LogP) is 2.98. The first-order chi connectivity index (χ1) is 12.9. The molecule has 6 nitrogen and oxygen atoms in total. The topological polar surface area (TPSA) is 95.5 Å². The summed E-state index contributed by atoms with van der Waals surface area (Å²) in [6.45, 7) is 0. The minimum absolute atomic E-state index is 0.0537. The van der Waals surface area contributed by atoms with E-state index in [9.17, 15) is 18.8 Å². The Labute approximate surface area is 155 Å². The zero-order valence-corrected chi connectivity index (χ0v) is 14.5. The van der Waals surface area contributed by atoms with Crippen molar-refractivity contribution in [1.82, 2.24) is 0 Å². The van der Waals surface area contributed by atoms with Crippen LogP contribution in [0.25, 0.3) is 0 Å². The minimum Gasteiger partial charge on any atom is -0.481 e. The van der Waals surface area contributed by atoms with Gasteiger partial charge in [0.1, 0.15) is 5.82 Å². The van der Waals surface area contributed by atoms with E-state index in [1.54, 1.807) is 0 Å². The Morgan fingerprint density at radius 3 is 2.74 bits per heavy atom. The van der Waals surface area contributed by atoms with Gasteiger partial charge in [-0.15, -0.1) is 0 Å². The van der Waals surface area contributed by atoms with Gasteiger partial charge in [-0.1, -0.05) is 24.3 Å². The number of carbonyl (C=O) groups excluding carboxylic acids is 2. The Bertz CT molecular complexity index is 897. The second kappa shape index (κ2) is 7.99. The van der Waals surface area contributed by atoms with Gasteiger partial charge in [0.25, 0.3) is 0 Å². The molecule has 0 fully saturated rings. The van der Waals surface area contributed by atoms with Crippen molar-refractivity contribution >= 4 is 29.2 Å². The lowest BCUT2D eigenvalue weighted by atomic mass is 9.89. The van der Waals surface area contributed by atoms with Crippen LogP contribution in [0.2, 0.25) is 0 Å². The fraction of sp³-hybridized carbons (Fsp3) is 0.250. The standard InChI is InChI=1S/C20H19FN2O4/c21-16-11-15(7-5-12(16)10-19(25)26)22-18(24)8-6-14-9-13-3-1-2-4-17(13)23-20(14)27/h1-5,7,11,14H,6,8-10H2,(H,22,24)(H,23,27)(H,25,26).